The van der Waals surface area contributed by atoms with Crippen LogP contribution < -0.4 is 10.1 Å². The van der Waals surface area contributed by atoms with Crippen molar-refractivity contribution >= 4 is 0 Å². The van der Waals surface area contributed by atoms with E-state index >= 15 is 0 Å². The highest BCUT2D eigenvalue weighted by atomic mass is 16.5. The van der Waals surface area contributed by atoms with Gasteiger partial charge in [0.2, 0.25) is 0 Å². The van der Waals surface area contributed by atoms with Crippen molar-refractivity contribution in [2.75, 3.05) is 7.11 Å². The Kier molecular flexibility index (Phi) is 3.50. The van der Waals surface area contributed by atoms with E-state index in [1.807, 2.05) is 26.0 Å². The first kappa shape index (κ1) is 13.2. The molecule has 0 amide bonds. The molecule has 0 bridgehead atoms. The topological polar surface area (TPSA) is 61.7 Å². The number of phenolic OH excluding ortho intramolecular Hbond substituents is 1. The standard InChI is InChI=1S/C14H21NO3/c1-14(2)12(7-13(14)17)15-8-9-4-5-10(18-3)6-11(9)16/h4-6,12-13,15-17H,7-8H2,1-3H3. The summed E-state index contributed by atoms with van der Waals surface area (Å²) in [5.41, 5.74) is 0.746. The molecule has 1 aromatic carbocycles. The van der Waals surface area contributed by atoms with Gasteiger partial charge < -0.3 is 20.3 Å². The van der Waals surface area contributed by atoms with Crippen LogP contribution in [-0.2, 0) is 6.54 Å². The van der Waals surface area contributed by atoms with Gasteiger partial charge in [0.1, 0.15) is 11.5 Å². The zero-order valence-electron chi connectivity index (χ0n) is 11.1. The lowest BCUT2D eigenvalue weighted by molar-refractivity contribution is -0.0730. The SMILES string of the molecule is COc1ccc(CNC2CC(O)C2(C)C)c(O)c1. The van der Waals surface area contributed by atoms with E-state index in [1.54, 1.807) is 13.2 Å². The van der Waals surface area contributed by atoms with Gasteiger partial charge in [0.15, 0.2) is 0 Å². The fraction of sp³-hybridized carbons (Fsp3) is 0.571. The summed E-state index contributed by atoms with van der Waals surface area (Å²) in [6.45, 7) is 4.69. The van der Waals surface area contributed by atoms with E-state index in [4.69, 9.17) is 4.74 Å². The van der Waals surface area contributed by atoms with Crippen LogP contribution in [0.5, 0.6) is 11.5 Å². The Labute approximate surface area is 108 Å². The van der Waals surface area contributed by atoms with Crippen LogP contribution in [0.3, 0.4) is 0 Å². The largest absolute Gasteiger partial charge is 0.507 e. The van der Waals surface area contributed by atoms with Crippen LogP contribution >= 0.6 is 0 Å². The van der Waals surface area contributed by atoms with Crippen molar-refractivity contribution in [3.63, 3.8) is 0 Å². The fourth-order valence-corrected chi connectivity index (χ4v) is 2.30. The molecule has 0 aliphatic heterocycles. The number of ether oxygens (including phenoxy) is 1. The Hall–Kier alpha value is -1.26. The molecule has 1 aromatic rings. The third-order valence-electron chi connectivity index (χ3n) is 4.05. The van der Waals surface area contributed by atoms with E-state index in [2.05, 4.69) is 5.32 Å². The van der Waals surface area contributed by atoms with Gasteiger partial charge in [0.25, 0.3) is 0 Å². The van der Waals surface area contributed by atoms with Gasteiger partial charge in [-0.15, -0.1) is 0 Å². The maximum atomic E-state index is 9.84. The Balaban J connectivity index is 1.95. The Morgan fingerprint density at radius 3 is 2.67 bits per heavy atom. The zero-order chi connectivity index (χ0) is 13.3. The third-order valence-corrected chi connectivity index (χ3v) is 4.05. The number of rotatable bonds is 4. The molecule has 100 valence electrons. The molecule has 0 saturated heterocycles. The molecule has 0 heterocycles. The van der Waals surface area contributed by atoms with E-state index in [-0.39, 0.29) is 23.3 Å². The van der Waals surface area contributed by atoms with E-state index in [9.17, 15) is 10.2 Å². The highest BCUT2D eigenvalue weighted by Gasteiger charge is 2.46. The average molecular weight is 251 g/mol. The maximum Gasteiger partial charge on any atom is 0.123 e. The van der Waals surface area contributed by atoms with Crippen LogP contribution in [0, 0.1) is 5.41 Å². The summed E-state index contributed by atoms with van der Waals surface area (Å²) in [6, 6.07) is 5.58. The second-order valence-corrected chi connectivity index (χ2v) is 5.50. The highest BCUT2D eigenvalue weighted by Crippen LogP contribution is 2.40. The number of aromatic hydroxyl groups is 1. The number of aliphatic hydroxyl groups is 1. The minimum atomic E-state index is -0.237. The number of hydrogen-bond acceptors (Lipinski definition) is 4. The van der Waals surface area contributed by atoms with Gasteiger partial charge in [0.05, 0.1) is 13.2 Å². The number of methoxy groups -OCH3 is 1. The molecule has 1 saturated carbocycles. The van der Waals surface area contributed by atoms with Crippen LogP contribution in [-0.4, -0.2) is 29.5 Å². The lowest BCUT2D eigenvalue weighted by Crippen LogP contribution is -2.59. The summed E-state index contributed by atoms with van der Waals surface area (Å²) in [6.07, 6.45) is 0.531. The molecule has 18 heavy (non-hydrogen) atoms. The molecule has 1 aliphatic carbocycles. The minimum Gasteiger partial charge on any atom is -0.507 e. The summed E-state index contributed by atoms with van der Waals surface area (Å²) >= 11 is 0. The summed E-state index contributed by atoms with van der Waals surface area (Å²) in [7, 11) is 1.57. The van der Waals surface area contributed by atoms with E-state index in [0.717, 1.165) is 12.0 Å². The highest BCUT2D eigenvalue weighted by molar-refractivity contribution is 5.39. The molecule has 2 rings (SSSR count). The summed E-state index contributed by atoms with van der Waals surface area (Å²) in [5.74, 6) is 0.884. The predicted molar refractivity (Wildman–Crippen MR) is 69.7 cm³/mol. The maximum absolute atomic E-state index is 9.84. The first-order valence-electron chi connectivity index (χ1n) is 6.22. The molecule has 3 N–H and O–H groups in total. The number of benzene rings is 1. The molecular weight excluding hydrogens is 230 g/mol. The molecule has 2 atom stereocenters. The molecule has 1 aliphatic rings. The van der Waals surface area contributed by atoms with Gasteiger partial charge in [-0.05, 0) is 12.5 Å². The van der Waals surface area contributed by atoms with E-state index in [1.165, 1.54) is 0 Å². The molecule has 0 spiro atoms. The quantitative estimate of drug-likeness (QED) is 0.761. The summed E-state index contributed by atoms with van der Waals surface area (Å²) < 4.78 is 5.04. The monoisotopic (exact) mass is 251 g/mol. The van der Waals surface area contributed by atoms with Gasteiger partial charge in [-0.1, -0.05) is 19.9 Å². The van der Waals surface area contributed by atoms with E-state index in [0.29, 0.717) is 12.3 Å². The second kappa shape index (κ2) is 4.78. The second-order valence-electron chi connectivity index (χ2n) is 5.50. The lowest BCUT2D eigenvalue weighted by atomic mass is 9.64. The summed E-state index contributed by atoms with van der Waals surface area (Å²) in [5, 5.41) is 22.9. The van der Waals surface area contributed by atoms with Crippen molar-refractivity contribution in [1.29, 1.82) is 0 Å². The Morgan fingerprint density at radius 1 is 1.44 bits per heavy atom. The molecule has 0 aromatic heterocycles. The smallest absolute Gasteiger partial charge is 0.123 e. The van der Waals surface area contributed by atoms with Gasteiger partial charge in [-0.2, -0.15) is 0 Å². The zero-order valence-corrected chi connectivity index (χ0v) is 11.1. The van der Waals surface area contributed by atoms with Crippen molar-refractivity contribution in [1.82, 2.24) is 5.32 Å². The first-order valence-corrected chi connectivity index (χ1v) is 6.22. The van der Waals surface area contributed by atoms with Crippen LogP contribution in [0.2, 0.25) is 0 Å². The average Bonchev–Trinajstić information content (AvgIpc) is 2.35. The van der Waals surface area contributed by atoms with Crippen LogP contribution in [0.25, 0.3) is 0 Å². The minimum absolute atomic E-state index is 0.0951. The third kappa shape index (κ3) is 2.31. The van der Waals surface area contributed by atoms with Crippen molar-refractivity contribution in [3.8, 4) is 11.5 Å². The van der Waals surface area contributed by atoms with Crippen LogP contribution in [0.15, 0.2) is 18.2 Å². The molecule has 4 heteroatoms. The molecular formula is C14H21NO3. The van der Waals surface area contributed by atoms with Gasteiger partial charge in [0, 0.05) is 29.6 Å². The fourth-order valence-electron chi connectivity index (χ4n) is 2.30. The molecule has 0 radical (unpaired) electrons. The number of hydrogen-bond donors (Lipinski definition) is 3. The van der Waals surface area contributed by atoms with Crippen molar-refractivity contribution in [2.45, 2.75) is 39.0 Å². The van der Waals surface area contributed by atoms with Crippen molar-refractivity contribution in [3.05, 3.63) is 23.8 Å². The van der Waals surface area contributed by atoms with Crippen molar-refractivity contribution in [2.24, 2.45) is 5.41 Å². The van der Waals surface area contributed by atoms with Gasteiger partial charge >= 0.3 is 0 Å². The van der Waals surface area contributed by atoms with Gasteiger partial charge in [-0.3, -0.25) is 0 Å². The first-order chi connectivity index (χ1) is 8.45. The number of phenols is 1. The lowest BCUT2D eigenvalue weighted by Gasteiger charge is -2.49. The Bertz CT molecular complexity index is 431. The van der Waals surface area contributed by atoms with Crippen molar-refractivity contribution < 1.29 is 14.9 Å². The van der Waals surface area contributed by atoms with E-state index < -0.39 is 0 Å². The number of nitrogens with one attached hydrogen (secondary N) is 1. The normalized spacial score (nSPS) is 25.6. The van der Waals surface area contributed by atoms with Gasteiger partial charge in [-0.25, -0.2) is 0 Å². The predicted octanol–water partition coefficient (Wildman–Crippen LogP) is 1.65. The summed E-state index contributed by atoms with van der Waals surface area (Å²) in [4.78, 5) is 0. The Morgan fingerprint density at radius 2 is 2.17 bits per heavy atom. The van der Waals surface area contributed by atoms with Crippen LogP contribution in [0.1, 0.15) is 25.8 Å². The van der Waals surface area contributed by atoms with Crippen LogP contribution in [0.4, 0.5) is 0 Å². The molecule has 1 fully saturated rings. The molecule has 4 nitrogen and oxygen atoms in total. The molecule has 2 unspecified atom stereocenters. The number of aliphatic hydroxyl groups excluding tert-OH is 1.